The Morgan fingerprint density at radius 1 is 1.40 bits per heavy atom. The normalized spacial score (nSPS) is 10.2. The van der Waals surface area contributed by atoms with Crippen LogP contribution in [0.4, 0.5) is 20.4 Å². The minimum absolute atomic E-state index is 0.0439. The number of nitrogens with one attached hydrogen (secondary N) is 1. The molecule has 0 bridgehead atoms. The molecule has 7 nitrogen and oxygen atoms in total. The Kier molecular flexibility index (Phi) is 3.69. The van der Waals surface area contributed by atoms with Gasteiger partial charge in [0, 0.05) is 13.1 Å². The number of hydrogen-bond donors (Lipinski definition) is 1. The molecule has 1 aromatic heterocycles. The molecule has 2 aromatic rings. The highest BCUT2D eigenvalue weighted by atomic mass is 19.1. The molecule has 0 aliphatic heterocycles. The van der Waals surface area contributed by atoms with E-state index in [-0.39, 0.29) is 5.95 Å². The molecular formula is C11H8F2N4O3. The molecule has 0 saturated carbocycles. The minimum Gasteiger partial charge on any atom is -0.430 e. The molecule has 104 valence electrons. The molecule has 0 amide bonds. The maximum atomic E-state index is 13.4. The van der Waals surface area contributed by atoms with E-state index in [9.17, 15) is 18.9 Å². The van der Waals surface area contributed by atoms with Gasteiger partial charge in [-0.15, -0.1) is 0 Å². The summed E-state index contributed by atoms with van der Waals surface area (Å²) in [5.41, 5.74) is -0.562. The number of anilines is 1. The van der Waals surface area contributed by atoms with Crippen molar-refractivity contribution in [3.63, 3.8) is 0 Å². The van der Waals surface area contributed by atoms with Gasteiger partial charge in [0.15, 0.2) is 11.6 Å². The van der Waals surface area contributed by atoms with Crippen molar-refractivity contribution in [1.82, 2.24) is 9.97 Å². The Labute approximate surface area is 111 Å². The van der Waals surface area contributed by atoms with Crippen molar-refractivity contribution in [1.29, 1.82) is 0 Å². The number of nitro groups is 1. The van der Waals surface area contributed by atoms with Gasteiger partial charge in [-0.05, 0) is 12.1 Å². The Hall–Kier alpha value is -2.84. The van der Waals surface area contributed by atoms with Crippen molar-refractivity contribution in [2.45, 2.75) is 0 Å². The quantitative estimate of drug-likeness (QED) is 0.684. The number of aromatic nitrogens is 2. The maximum Gasteiger partial charge on any atom is 0.349 e. The van der Waals surface area contributed by atoms with Crippen molar-refractivity contribution in [2.75, 3.05) is 12.4 Å². The first-order valence-corrected chi connectivity index (χ1v) is 5.33. The Balaban J connectivity index is 2.45. The van der Waals surface area contributed by atoms with E-state index in [4.69, 9.17) is 4.74 Å². The fourth-order valence-corrected chi connectivity index (χ4v) is 1.34. The van der Waals surface area contributed by atoms with Gasteiger partial charge in [0.05, 0.1) is 4.92 Å². The van der Waals surface area contributed by atoms with Gasteiger partial charge in [0.2, 0.25) is 5.95 Å². The van der Waals surface area contributed by atoms with Gasteiger partial charge < -0.3 is 10.1 Å². The Morgan fingerprint density at radius 3 is 2.80 bits per heavy atom. The molecule has 9 heteroatoms. The van der Waals surface area contributed by atoms with E-state index < -0.39 is 33.9 Å². The zero-order valence-electron chi connectivity index (χ0n) is 10.1. The summed E-state index contributed by atoms with van der Waals surface area (Å²) >= 11 is 0. The first-order valence-electron chi connectivity index (χ1n) is 5.33. The van der Waals surface area contributed by atoms with Crippen LogP contribution < -0.4 is 10.1 Å². The molecule has 1 N–H and O–H groups in total. The van der Waals surface area contributed by atoms with Gasteiger partial charge in [0.1, 0.15) is 12.0 Å². The summed E-state index contributed by atoms with van der Waals surface area (Å²) in [5.74, 6) is -2.56. The van der Waals surface area contributed by atoms with Crippen LogP contribution >= 0.6 is 0 Å². The molecule has 0 saturated heterocycles. The average molecular weight is 282 g/mol. The fourth-order valence-electron chi connectivity index (χ4n) is 1.34. The second-order valence-corrected chi connectivity index (χ2v) is 3.57. The molecule has 1 aromatic carbocycles. The largest absolute Gasteiger partial charge is 0.430 e. The molecule has 20 heavy (non-hydrogen) atoms. The second-order valence-electron chi connectivity index (χ2n) is 3.57. The predicted octanol–water partition coefficient (Wildman–Crippen LogP) is 2.50. The number of rotatable bonds is 4. The Morgan fingerprint density at radius 2 is 2.15 bits per heavy atom. The fraction of sp³-hybridized carbons (Fsp3) is 0.0909. The topological polar surface area (TPSA) is 90.2 Å². The van der Waals surface area contributed by atoms with Crippen LogP contribution in [0.5, 0.6) is 11.6 Å². The van der Waals surface area contributed by atoms with Gasteiger partial charge in [-0.3, -0.25) is 10.1 Å². The number of hydrogen-bond acceptors (Lipinski definition) is 6. The molecule has 0 fully saturated rings. The van der Waals surface area contributed by atoms with E-state index in [0.29, 0.717) is 0 Å². The molecular weight excluding hydrogens is 274 g/mol. The lowest BCUT2D eigenvalue weighted by atomic mass is 10.3. The lowest BCUT2D eigenvalue weighted by Gasteiger charge is -2.07. The number of benzene rings is 1. The van der Waals surface area contributed by atoms with Crippen molar-refractivity contribution < 1.29 is 18.4 Å². The number of halogens is 2. The monoisotopic (exact) mass is 282 g/mol. The molecule has 0 unspecified atom stereocenters. The summed E-state index contributed by atoms with van der Waals surface area (Å²) in [5, 5.41) is 13.4. The molecule has 1 heterocycles. The van der Waals surface area contributed by atoms with Crippen LogP contribution in [0.25, 0.3) is 0 Å². The third-order valence-corrected chi connectivity index (χ3v) is 2.26. The molecule has 0 radical (unpaired) electrons. The van der Waals surface area contributed by atoms with Crippen molar-refractivity contribution in [3.8, 4) is 11.6 Å². The van der Waals surface area contributed by atoms with Crippen LogP contribution in [0.1, 0.15) is 0 Å². The van der Waals surface area contributed by atoms with Gasteiger partial charge in [-0.25, -0.2) is 13.8 Å². The summed E-state index contributed by atoms with van der Waals surface area (Å²) in [6.07, 6.45) is 0.908. The van der Waals surface area contributed by atoms with E-state index in [2.05, 4.69) is 15.3 Å². The van der Waals surface area contributed by atoms with Crippen molar-refractivity contribution >= 4 is 11.6 Å². The summed E-state index contributed by atoms with van der Waals surface area (Å²) in [4.78, 5) is 17.4. The van der Waals surface area contributed by atoms with Crippen LogP contribution in [0.15, 0.2) is 24.4 Å². The summed E-state index contributed by atoms with van der Waals surface area (Å²) in [6, 6.07) is 2.51. The molecule has 0 aliphatic carbocycles. The van der Waals surface area contributed by atoms with Crippen LogP contribution in [0, 0.1) is 21.7 Å². The van der Waals surface area contributed by atoms with Crippen molar-refractivity contribution in [3.05, 3.63) is 46.1 Å². The zero-order valence-corrected chi connectivity index (χ0v) is 10.1. The predicted molar refractivity (Wildman–Crippen MR) is 64.7 cm³/mol. The second kappa shape index (κ2) is 5.43. The highest BCUT2D eigenvalue weighted by Gasteiger charge is 2.21. The summed E-state index contributed by atoms with van der Waals surface area (Å²) in [6.45, 7) is 0. The highest BCUT2D eigenvalue weighted by Crippen LogP contribution is 2.31. The van der Waals surface area contributed by atoms with E-state index in [1.54, 1.807) is 0 Å². The third kappa shape index (κ3) is 2.76. The third-order valence-electron chi connectivity index (χ3n) is 2.26. The number of nitrogens with zero attached hydrogens (tertiary/aromatic N) is 3. The van der Waals surface area contributed by atoms with E-state index in [0.717, 1.165) is 24.4 Å². The minimum atomic E-state index is -0.870. The standard InChI is InChI=1S/C11H8F2N4O3/c1-14-11-15-5-8(17(18)19)10(16-11)20-9-4-6(12)2-3-7(9)13/h2-5H,1H3,(H,14,15,16). The molecule has 0 spiro atoms. The Bertz CT molecular complexity index is 666. The summed E-state index contributed by atoms with van der Waals surface area (Å²) < 4.78 is 31.5. The first kappa shape index (κ1) is 13.6. The van der Waals surface area contributed by atoms with Crippen LogP contribution in [0.3, 0.4) is 0 Å². The van der Waals surface area contributed by atoms with Crippen LogP contribution in [-0.4, -0.2) is 21.9 Å². The van der Waals surface area contributed by atoms with Gasteiger partial charge in [-0.2, -0.15) is 4.98 Å². The van der Waals surface area contributed by atoms with Gasteiger partial charge in [0.25, 0.3) is 0 Å². The lowest BCUT2D eigenvalue weighted by molar-refractivity contribution is -0.386. The number of ether oxygens (including phenoxy) is 1. The molecule has 0 atom stereocenters. The van der Waals surface area contributed by atoms with Gasteiger partial charge >= 0.3 is 11.6 Å². The van der Waals surface area contributed by atoms with E-state index in [1.165, 1.54) is 7.05 Å². The van der Waals surface area contributed by atoms with Crippen molar-refractivity contribution in [2.24, 2.45) is 0 Å². The smallest absolute Gasteiger partial charge is 0.349 e. The molecule has 0 aliphatic rings. The summed E-state index contributed by atoms with van der Waals surface area (Å²) in [7, 11) is 1.49. The average Bonchev–Trinajstić information content (AvgIpc) is 2.42. The van der Waals surface area contributed by atoms with Crippen LogP contribution in [-0.2, 0) is 0 Å². The maximum absolute atomic E-state index is 13.4. The van der Waals surface area contributed by atoms with Gasteiger partial charge in [-0.1, -0.05) is 0 Å². The highest BCUT2D eigenvalue weighted by molar-refractivity contribution is 5.45. The SMILES string of the molecule is CNc1ncc([N+](=O)[O-])c(Oc2cc(F)ccc2F)n1. The van der Waals surface area contributed by atoms with Crippen LogP contribution in [0.2, 0.25) is 0 Å². The van der Waals surface area contributed by atoms with E-state index >= 15 is 0 Å². The molecule has 2 rings (SSSR count). The zero-order chi connectivity index (χ0) is 14.7. The first-order chi connectivity index (χ1) is 9.51. The van der Waals surface area contributed by atoms with E-state index in [1.807, 2.05) is 0 Å². The lowest BCUT2D eigenvalue weighted by Crippen LogP contribution is -2.02.